The lowest BCUT2D eigenvalue weighted by atomic mass is 9.95. The number of piperidine rings is 1. The Labute approximate surface area is 151 Å². The van der Waals surface area contributed by atoms with E-state index in [0.717, 1.165) is 45.1 Å². The molecule has 1 aromatic carbocycles. The van der Waals surface area contributed by atoms with E-state index in [2.05, 4.69) is 66.0 Å². The number of fused-ring (bicyclic) bond motifs is 1. The molecule has 4 rings (SSSR count). The number of aromatic nitrogens is 3. The van der Waals surface area contributed by atoms with Gasteiger partial charge in [-0.2, -0.15) is 0 Å². The van der Waals surface area contributed by atoms with Crippen LogP contribution in [-0.4, -0.2) is 39.3 Å². The minimum absolute atomic E-state index is 0.557. The van der Waals surface area contributed by atoms with E-state index in [4.69, 9.17) is 0 Å². The number of nitrogens with zero attached hydrogens (tertiary/aromatic N) is 4. The minimum Gasteiger partial charge on any atom is -0.312 e. The highest BCUT2D eigenvalue weighted by atomic mass is 79.9. The van der Waals surface area contributed by atoms with Crippen molar-refractivity contribution in [2.24, 2.45) is 0 Å². The highest BCUT2D eigenvalue weighted by Crippen LogP contribution is 2.29. The predicted molar refractivity (Wildman–Crippen MR) is 97.9 cm³/mol. The fraction of sp³-hybridized carbons (Fsp3) is 0.556. The van der Waals surface area contributed by atoms with Crippen molar-refractivity contribution in [1.29, 1.82) is 0 Å². The van der Waals surface area contributed by atoms with Gasteiger partial charge in [0.25, 0.3) is 0 Å². The number of nitrogens with one attached hydrogen (secondary N) is 1. The lowest BCUT2D eigenvalue weighted by molar-refractivity contribution is 0.199. The van der Waals surface area contributed by atoms with Crippen LogP contribution >= 0.6 is 15.9 Å². The predicted octanol–water partition coefficient (Wildman–Crippen LogP) is 2.83. The summed E-state index contributed by atoms with van der Waals surface area (Å²) in [6, 6.07) is 6.65. The Morgan fingerprint density at radius 3 is 2.83 bits per heavy atom. The molecule has 2 aliphatic rings. The Morgan fingerprint density at radius 1 is 1.21 bits per heavy atom. The fourth-order valence-corrected chi connectivity index (χ4v) is 4.41. The minimum atomic E-state index is 0.557. The summed E-state index contributed by atoms with van der Waals surface area (Å²) in [6.07, 6.45) is 2.35. The summed E-state index contributed by atoms with van der Waals surface area (Å²) < 4.78 is 3.57. The van der Waals surface area contributed by atoms with Gasteiger partial charge >= 0.3 is 0 Å². The van der Waals surface area contributed by atoms with Crippen LogP contribution in [0.5, 0.6) is 0 Å². The van der Waals surface area contributed by atoms with Crippen LogP contribution < -0.4 is 5.32 Å². The second-order valence-corrected chi connectivity index (χ2v) is 7.80. The highest BCUT2D eigenvalue weighted by molar-refractivity contribution is 9.10. The first-order valence-corrected chi connectivity index (χ1v) is 9.60. The third kappa shape index (κ3) is 3.27. The second-order valence-electron chi connectivity index (χ2n) is 6.95. The Morgan fingerprint density at radius 2 is 2.04 bits per heavy atom. The smallest absolute Gasteiger partial charge is 0.147 e. The van der Waals surface area contributed by atoms with E-state index >= 15 is 0 Å². The maximum atomic E-state index is 4.50. The van der Waals surface area contributed by atoms with E-state index in [0.29, 0.717) is 5.92 Å². The first-order chi connectivity index (χ1) is 11.7. The van der Waals surface area contributed by atoms with Crippen molar-refractivity contribution in [2.45, 2.75) is 45.3 Å². The summed E-state index contributed by atoms with van der Waals surface area (Å²) in [7, 11) is 0. The van der Waals surface area contributed by atoms with Gasteiger partial charge < -0.3 is 9.88 Å². The number of hydrogen-bond donors (Lipinski definition) is 1. The molecular weight excluding hydrogens is 366 g/mol. The summed E-state index contributed by atoms with van der Waals surface area (Å²) in [5, 5.41) is 12.2. The van der Waals surface area contributed by atoms with Crippen LogP contribution in [0.2, 0.25) is 0 Å². The maximum absolute atomic E-state index is 4.50. The molecule has 0 spiro atoms. The number of halogens is 1. The van der Waals surface area contributed by atoms with Gasteiger partial charge in [-0.1, -0.05) is 28.1 Å². The fourth-order valence-electron chi connectivity index (χ4n) is 3.79. The van der Waals surface area contributed by atoms with Gasteiger partial charge in [0.05, 0.1) is 6.54 Å². The SMILES string of the molecule is Cc1ccc(CN2CCC(c3nnc4n3CCNC4)CC2)c(Br)c1. The topological polar surface area (TPSA) is 46.0 Å². The molecule has 3 heterocycles. The van der Waals surface area contributed by atoms with Gasteiger partial charge in [-0.25, -0.2) is 0 Å². The summed E-state index contributed by atoms with van der Waals surface area (Å²) in [5.41, 5.74) is 2.68. The first-order valence-electron chi connectivity index (χ1n) is 8.81. The molecule has 0 unspecified atom stereocenters. The molecule has 5 nitrogen and oxygen atoms in total. The van der Waals surface area contributed by atoms with Crippen molar-refractivity contribution in [1.82, 2.24) is 25.0 Å². The molecule has 0 atom stereocenters. The monoisotopic (exact) mass is 389 g/mol. The Kier molecular flexibility index (Phi) is 4.70. The number of hydrogen-bond acceptors (Lipinski definition) is 4. The zero-order valence-electron chi connectivity index (χ0n) is 14.1. The van der Waals surface area contributed by atoms with E-state index in [9.17, 15) is 0 Å². The van der Waals surface area contributed by atoms with Crippen LogP contribution in [0.3, 0.4) is 0 Å². The van der Waals surface area contributed by atoms with Crippen molar-refractivity contribution < 1.29 is 0 Å². The number of likely N-dealkylation sites (tertiary alicyclic amines) is 1. The third-order valence-electron chi connectivity index (χ3n) is 5.21. The molecule has 6 heteroatoms. The van der Waals surface area contributed by atoms with Crippen LogP contribution in [0.15, 0.2) is 22.7 Å². The van der Waals surface area contributed by atoms with Crippen molar-refractivity contribution in [3.63, 3.8) is 0 Å². The molecular formula is C18H24BrN5. The van der Waals surface area contributed by atoms with E-state index in [-0.39, 0.29) is 0 Å². The summed E-state index contributed by atoms with van der Waals surface area (Å²) in [6.45, 7) is 8.31. The third-order valence-corrected chi connectivity index (χ3v) is 5.94. The summed E-state index contributed by atoms with van der Waals surface area (Å²) in [5.74, 6) is 2.87. The van der Waals surface area contributed by atoms with E-state index in [1.165, 1.54) is 34.3 Å². The summed E-state index contributed by atoms with van der Waals surface area (Å²) in [4.78, 5) is 2.56. The molecule has 0 bridgehead atoms. The quantitative estimate of drug-likeness (QED) is 0.876. The maximum Gasteiger partial charge on any atom is 0.147 e. The van der Waals surface area contributed by atoms with Crippen LogP contribution in [0, 0.1) is 6.92 Å². The average molecular weight is 390 g/mol. The largest absolute Gasteiger partial charge is 0.312 e. The molecule has 1 saturated heterocycles. The first kappa shape index (κ1) is 16.2. The summed E-state index contributed by atoms with van der Waals surface area (Å²) >= 11 is 3.70. The van der Waals surface area contributed by atoms with Crippen molar-refractivity contribution in [3.8, 4) is 0 Å². The van der Waals surface area contributed by atoms with E-state index < -0.39 is 0 Å². The molecule has 24 heavy (non-hydrogen) atoms. The molecule has 2 aromatic rings. The van der Waals surface area contributed by atoms with Gasteiger partial charge in [0, 0.05) is 30.0 Å². The molecule has 1 aromatic heterocycles. The lowest BCUT2D eigenvalue weighted by Crippen LogP contribution is -2.34. The van der Waals surface area contributed by atoms with Crippen molar-refractivity contribution in [3.05, 3.63) is 45.4 Å². The molecule has 128 valence electrons. The van der Waals surface area contributed by atoms with E-state index in [1.54, 1.807) is 0 Å². The van der Waals surface area contributed by atoms with E-state index in [1.807, 2.05) is 0 Å². The second kappa shape index (κ2) is 6.94. The van der Waals surface area contributed by atoms with Crippen LogP contribution in [0.1, 0.15) is 41.5 Å². The molecule has 1 N–H and O–H groups in total. The molecule has 0 saturated carbocycles. The van der Waals surface area contributed by atoms with Crippen LogP contribution in [0.4, 0.5) is 0 Å². The highest BCUT2D eigenvalue weighted by Gasteiger charge is 2.27. The van der Waals surface area contributed by atoms with Gasteiger partial charge in [-0.15, -0.1) is 10.2 Å². The Bertz CT molecular complexity index is 718. The van der Waals surface area contributed by atoms with Gasteiger partial charge in [0.1, 0.15) is 11.6 Å². The standard InChI is InChI=1S/C18H24BrN5/c1-13-2-3-15(16(19)10-13)12-23-7-4-14(5-8-23)18-22-21-17-11-20-6-9-24(17)18/h2-3,10,14,20H,4-9,11-12H2,1H3. The normalized spacial score (nSPS) is 19.4. The molecule has 0 amide bonds. The zero-order valence-corrected chi connectivity index (χ0v) is 15.7. The number of benzene rings is 1. The van der Waals surface area contributed by atoms with Gasteiger partial charge in [0.2, 0.25) is 0 Å². The van der Waals surface area contributed by atoms with Gasteiger partial charge in [-0.05, 0) is 50.0 Å². The Hall–Kier alpha value is -1.24. The molecule has 2 aliphatic heterocycles. The van der Waals surface area contributed by atoms with Crippen LogP contribution in [0.25, 0.3) is 0 Å². The average Bonchev–Trinajstić information content (AvgIpc) is 3.02. The lowest BCUT2D eigenvalue weighted by Gasteiger charge is -2.32. The molecule has 1 fully saturated rings. The van der Waals surface area contributed by atoms with Crippen molar-refractivity contribution >= 4 is 15.9 Å². The molecule has 0 aliphatic carbocycles. The Balaban J connectivity index is 1.39. The number of rotatable bonds is 3. The van der Waals surface area contributed by atoms with Gasteiger partial charge in [0.15, 0.2) is 0 Å². The van der Waals surface area contributed by atoms with Gasteiger partial charge in [-0.3, -0.25) is 4.90 Å². The van der Waals surface area contributed by atoms with Crippen molar-refractivity contribution in [2.75, 3.05) is 19.6 Å². The molecule has 0 radical (unpaired) electrons. The van der Waals surface area contributed by atoms with Crippen LogP contribution in [-0.2, 0) is 19.6 Å². The zero-order chi connectivity index (χ0) is 16.5. The number of aryl methyl sites for hydroxylation is 1.